The molecule has 0 fully saturated rings. The van der Waals surface area contributed by atoms with Gasteiger partial charge in [0.15, 0.2) is 5.03 Å². The molecule has 0 unspecified atom stereocenters. The van der Waals surface area contributed by atoms with Gasteiger partial charge in [-0.2, -0.15) is 8.42 Å². The molecule has 0 aliphatic rings. The molecule has 2 aromatic rings. The molecule has 0 aliphatic heterocycles. The first-order valence-electron chi connectivity index (χ1n) is 4.37. The summed E-state index contributed by atoms with van der Waals surface area (Å²) in [5.41, 5.74) is 0.301. The van der Waals surface area contributed by atoms with Crippen molar-refractivity contribution >= 4 is 15.7 Å². The molecule has 2 heterocycles. The predicted octanol–water partition coefficient (Wildman–Crippen LogP) is 0.309. The van der Waals surface area contributed by atoms with Crippen molar-refractivity contribution in [1.29, 1.82) is 0 Å². The van der Waals surface area contributed by atoms with Crippen LogP contribution in [0.15, 0.2) is 29.9 Å². The number of H-pyrrole nitrogens is 1. The minimum Gasteiger partial charge on any atom is -0.332 e. The van der Waals surface area contributed by atoms with Crippen LogP contribution in [0.25, 0.3) is 0 Å². The molecular formula is C8H9N5O2S. The van der Waals surface area contributed by atoms with E-state index in [1.54, 1.807) is 6.92 Å². The lowest BCUT2D eigenvalue weighted by Crippen LogP contribution is -2.13. The summed E-state index contributed by atoms with van der Waals surface area (Å²) in [4.78, 5) is 13.9. The van der Waals surface area contributed by atoms with E-state index in [9.17, 15) is 8.42 Å². The number of anilines is 1. The second-order valence-electron chi connectivity index (χ2n) is 3.07. The minimum atomic E-state index is -3.64. The number of aryl methyl sites for hydroxylation is 1. The lowest BCUT2D eigenvalue weighted by Gasteiger charge is -2.03. The quantitative estimate of drug-likeness (QED) is 0.802. The highest BCUT2D eigenvalue weighted by atomic mass is 32.2. The zero-order chi connectivity index (χ0) is 11.6. The molecule has 0 saturated carbocycles. The average molecular weight is 239 g/mol. The Bertz CT molecular complexity index is 577. The molecule has 8 heteroatoms. The van der Waals surface area contributed by atoms with E-state index < -0.39 is 10.0 Å². The van der Waals surface area contributed by atoms with Crippen molar-refractivity contribution < 1.29 is 8.42 Å². The van der Waals surface area contributed by atoms with Crippen molar-refractivity contribution in [3.05, 3.63) is 30.7 Å². The van der Waals surface area contributed by atoms with Gasteiger partial charge in [0.1, 0.15) is 12.2 Å². The molecule has 0 atom stereocenters. The van der Waals surface area contributed by atoms with Crippen LogP contribution in [-0.4, -0.2) is 28.4 Å². The lowest BCUT2D eigenvalue weighted by molar-refractivity contribution is 0.598. The van der Waals surface area contributed by atoms with Crippen LogP contribution in [0.4, 0.5) is 5.69 Å². The van der Waals surface area contributed by atoms with Crippen LogP contribution in [0.2, 0.25) is 0 Å². The van der Waals surface area contributed by atoms with Crippen LogP contribution in [0.1, 0.15) is 5.82 Å². The summed E-state index contributed by atoms with van der Waals surface area (Å²) in [6.45, 7) is 1.67. The topological polar surface area (TPSA) is 101 Å². The zero-order valence-corrected chi connectivity index (χ0v) is 9.19. The fourth-order valence-corrected chi connectivity index (χ4v) is 2.10. The van der Waals surface area contributed by atoms with Gasteiger partial charge in [0.05, 0.1) is 24.3 Å². The Morgan fingerprint density at radius 2 is 1.94 bits per heavy atom. The Morgan fingerprint density at radius 1 is 1.25 bits per heavy atom. The van der Waals surface area contributed by atoms with E-state index in [1.165, 1.54) is 24.9 Å². The first kappa shape index (κ1) is 10.6. The highest BCUT2D eigenvalue weighted by Gasteiger charge is 2.16. The number of hydrogen-bond donors (Lipinski definition) is 2. The summed E-state index contributed by atoms with van der Waals surface area (Å²) in [5, 5.41) is 0.00820. The Kier molecular flexibility index (Phi) is 2.57. The Labute approximate surface area is 92.0 Å². The van der Waals surface area contributed by atoms with Crippen LogP contribution in [0.3, 0.4) is 0 Å². The third-order valence-electron chi connectivity index (χ3n) is 1.78. The van der Waals surface area contributed by atoms with Crippen LogP contribution in [0, 0.1) is 6.92 Å². The van der Waals surface area contributed by atoms with E-state index >= 15 is 0 Å². The van der Waals surface area contributed by atoms with Crippen LogP contribution >= 0.6 is 0 Å². The van der Waals surface area contributed by atoms with Crippen molar-refractivity contribution in [2.45, 2.75) is 11.9 Å². The smallest absolute Gasteiger partial charge is 0.279 e. The number of aromatic amines is 1. The molecule has 0 aromatic carbocycles. The van der Waals surface area contributed by atoms with E-state index in [0.717, 1.165) is 0 Å². The van der Waals surface area contributed by atoms with E-state index in [4.69, 9.17) is 0 Å². The second kappa shape index (κ2) is 3.89. The number of rotatable bonds is 3. The SMILES string of the molecule is Cc1ncc(S(=O)(=O)Nc2cncnc2)[nH]1. The fraction of sp³-hybridized carbons (Fsp3) is 0.125. The first-order valence-corrected chi connectivity index (χ1v) is 5.86. The molecule has 0 spiro atoms. The molecule has 0 bridgehead atoms. The van der Waals surface area contributed by atoms with Crippen molar-refractivity contribution in [2.75, 3.05) is 4.72 Å². The van der Waals surface area contributed by atoms with Crippen molar-refractivity contribution in [1.82, 2.24) is 19.9 Å². The van der Waals surface area contributed by atoms with Gasteiger partial charge in [-0.15, -0.1) is 0 Å². The highest BCUT2D eigenvalue weighted by Crippen LogP contribution is 2.11. The van der Waals surface area contributed by atoms with E-state index in [2.05, 4.69) is 24.7 Å². The molecule has 84 valence electrons. The second-order valence-corrected chi connectivity index (χ2v) is 4.72. The predicted molar refractivity (Wildman–Crippen MR) is 56.2 cm³/mol. The number of nitrogens with zero attached hydrogens (tertiary/aromatic N) is 3. The molecule has 7 nitrogen and oxygen atoms in total. The zero-order valence-electron chi connectivity index (χ0n) is 8.38. The summed E-state index contributed by atoms with van der Waals surface area (Å²) >= 11 is 0. The van der Waals surface area contributed by atoms with E-state index in [0.29, 0.717) is 11.5 Å². The van der Waals surface area contributed by atoms with Gasteiger partial charge in [-0.05, 0) is 6.92 Å². The van der Waals surface area contributed by atoms with Gasteiger partial charge in [-0.25, -0.2) is 15.0 Å². The molecule has 0 radical (unpaired) electrons. The summed E-state index contributed by atoms with van der Waals surface area (Å²) < 4.78 is 25.9. The maximum Gasteiger partial charge on any atom is 0.279 e. The van der Waals surface area contributed by atoms with Gasteiger partial charge in [-0.3, -0.25) is 4.72 Å². The van der Waals surface area contributed by atoms with Crippen LogP contribution < -0.4 is 4.72 Å². The third kappa shape index (κ3) is 2.16. The monoisotopic (exact) mass is 239 g/mol. The van der Waals surface area contributed by atoms with Gasteiger partial charge in [0.25, 0.3) is 10.0 Å². The van der Waals surface area contributed by atoms with Gasteiger partial charge in [0, 0.05) is 0 Å². The molecular weight excluding hydrogens is 230 g/mol. The molecule has 2 rings (SSSR count). The molecule has 0 aliphatic carbocycles. The summed E-state index contributed by atoms with van der Waals surface area (Å²) in [7, 11) is -3.64. The molecule has 2 N–H and O–H groups in total. The largest absolute Gasteiger partial charge is 0.332 e. The number of imidazole rings is 1. The van der Waals surface area contributed by atoms with Gasteiger partial charge in [-0.1, -0.05) is 0 Å². The lowest BCUT2D eigenvalue weighted by atomic mass is 10.6. The third-order valence-corrected chi connectivity index (χ3v) is 3.07. The molecule has 16 heavy (non-hydrogen) atoms. The summed E-state index contributed by atoms with van der Waals surface area (Å²) in [5.74, 6) is 0.532. The fourth-order valence-electron chi connectivity index (χ4n) is 1.10. The van der Waals surface area contributed by atoms with Crippen LogP contribution in [0.5, 0.6) is 0 Å². The Morgan fingerprint density at radius 3 is 2.50 bits per heavy atom. The van der Waals surface area contributed by atoms with Crippen LogP contribution in [-0.2, 0) is 10.0 Å². The standard InChI is InChI=1S/C8H9N5O2S/c1-6-11-4-8(12-6)16(14,15)13-7-2-9-5-10-3-7/h2-5,13H,1H3,(H,11,12). The van der Waals surface area contributed by atoms with E-state index in [-0.39, 0.29) is 5.03 Å². The Balaban J connectivity index is 2.28. The number of sulfonamides is 1. The van der Waals surface area contributed by atoms with Gasteiger partial charge < -0.3 is 4.98 Å². The average Bonchev–Trinajstić information content (AvgIpc) is 2.66. The van der Waals surface area contributed by atoms with E-state index in [1.807, 2.05) is 0 Å². The molecule has 0 saturated heterocycles. The van der Waals surface area contributed by atoms with Gasteiger partial charge in [0.2, 0.25) is 0 Å². The maximum atomic E-state index is 11.8. The summed E-state index contributed by atoms with van der Waals surface area (Å²) in [6.07, 6.45) is 5.31. The summed E-state index contributed by atoms with van der Waals surface area (Å²) in [6, 6.07) is 0. The maximum absolute atomic E-state index is 11.8. The normalized spacial score (nSPS) is 11.3. The number of aromatic nitrogens is 4. The van der Waals surface area contributed by atoms with Crippen molar-refractivity contribution in [2.24, 2.45) is 0 Å². The highest BCUT2D eigenvalue weighted by molar-refractivity contribution is 7.92. The Hall–Kier alpha value is -1.96. The molecule has 0 amide bonds. The molecule has 2 aromatic heterocycles. The van der Waals surface area contributed by atoms with Crippen molar-refractivity contribution in [3.63, 3.8) is 0 Å². The number of hydrogen-bond acceptors (Lipinski definition) is 5. The van der Waals surface area contributed by atoms with Gasteiger partial charge >= 0.3 is 0 Å². The number of nitrogens with one attached hydrogen (secondary N) is 2. The minimum absolute atomic E-state index is 0.00820. The van der Waals surface area contributed by atoms with Crippen molar-refractivity contribution in [3.8, 4) is 0 Å². The first-order chi connectivity index (χ1) is 7.58.